The highest BCUT2D eigenvalue weighted by molar-refractivity contribution is 9.10. The molecule has 1 aromatic rings. The molecule has 3 rings (SSSR count). The van der Waals surface area contributed by atoms with Crippen molar-refractivity contribution in [3.63, 3.8) is 0 Å². The zero-order valence-electron chi connectivity index (χ0n) is 15.6. The number of carbonyl (C=O) groups excluding carboxylic acids is 2. The van der Waals surface area contributed by atoms with Crippen LogP contribution in [0.3, 0.4) is 0 Å². The molecule has 2 amide bonds. The lowest BCUT2D eigenvalue weighted by atomic mass is 10.1. The third kappa shape index (κ3) is 4.74. The van der Waals surface area contributed by atoms with E-state index in [1.54, 1.807) is 11.0 Å². The average molecular weight is 519 g/mol. The van der Waals surface area contributed by atoms with Crippen molar-refractivity contribution in [1.29, 1.82) is 0 Å². The minimum absolute atomic E-state index is 0.162. The van der Waals surface area contributed by atoms with Crippen LogP contribution in [0, 0.1) is 0 Å². The van der Waals surface area contributed by atoms with Crippen molar-refractivity contribution in [2.24, 2.45) is 0 Å². The number of benzene rings is 1. The highest BCUT2D eigenvalue weighted by atomic mass is 79.9. The Hall–Kier alpha value is -1.27. The predicted molar refractivity (Wildman–Crippen MR) is 121 cm³/mol. The second kappa shape index (κ2) is 8.84. The zero-order chi connectivity index (χ0) is 21.3. The average Bonchev–Trinajstić information content (AvgIpc) is 3.05. The van der Waals surface area contributed by atoms with E-state index in [1.807, 2.05) is 12.1 Å². The highest BCUT2D eigenvalue weighted by Crippen LogP contribution is 2.45. The normalized spacial score (nSPS) is 19.5. The van der Waals surface area contributed by atoms with E-state index in [4.69, 9.17) is 16.8 Å². The molecule has 29 heavy (non-hydrogen) atoms. The van der Waals surface area contributed by atoms with Gasteiger partial charge in [-0.2, -0.15) is 8.42 Å². The number of halogens is 1. The molecule has 2 aliphatic rings. The van der Waals surface area contributed by atoms with Gasteiger partial charge >= 0.3 is 0 Å². The van der Waals surface area contributed by atoms with Gasteiger partial charge in [-0.15, -0.1) is 0 Å². The summed E-state index contributed by atoms with van der Waals surface area (Å²) in [5.41, 5.74) is 1.67. The van der Waals surface area contributed by atoms with Gasteiger partial charge in [0.25, 0.3) is 21.9 Å². The van der Waals surface area contributed by atoms with Crippen LogP contribution in [0.25, 0.3) is 5.57 Å². The Labute approximate surface area is 187 Å². The van der Waals surface area contributed by atoms with Crippen molar-refractivity contribution >= 4 is 77.4 Å². The third-order valence-electron chi connectivity index (χ3n) is 4.61. The van der Waals surface area contributed by atoms with Gasteiger partial charge in [-0.1, -0.05) is 59.7 Å². The van der Waals surface area contributed by atoms with Gasteiger partial charge in [0.2, 0.25) is 0 Å². The smallest absolute Gasteiger partial charge is 0.267 e. The lowest BCUT2D eigenvalue weighted by Gasteiger charge is -2.16. The predicted octanol–water partition coefficient (Wildman–Crippen LogP) is 3.45. The Morgan fingerprint density at radius 3 is 2.52 bits per heavy atom. The number of hydrogen-bond acceptors (Lipinski definition) is 6. The van der Waals surface area contributed by atoms with E-state index in [1.165, 1.54) is 0 Å². The van der Waals surface area contributed by atoms with Gasteiger partial charge in [0.05, 0.1) is 21.9 Å². The number of fused-ring (bicyclic) bond motifs is 1. The summed E-state index contributed by atoms with van der Waals surface area (Å²) in [6.45, 7) is 2.37. The summed E-state index contributed by atoms with van der Waals surface area (Å²) < 4.78 is 32.0. The quantitative estimate of drug-likeness (QED) is 0.255. The summed E-state index contributed by atoms with van der Waals surface area (Å²) in [5, 5.41) is 0. The highest BCUT2D eigenvalue weighted by Gasteiger charge is 2.42. The minimum Gasteiger partial charge on any atom is -0.308 e. The number of rotatable bonds is 7. The molecule has 0 atom stereocenters. The number of anilines is 1. The van der Waals surface area contributed by atoms with Crippen molar-refractivity contribution in [1.82, 2.24) is 4.90 Å². The molecule has 2 aliphatic heterocycles. The first kappa shape index (κ1) is 22.4. The molecule has 0 bridgehead atoms. The Balaban J connectivity index is 1.99. The summed E-state index contributed by atoms with van der Waals surface area (Å²) in [7, 11) is -4.24. The number of hydrogen-bond donors (Lipinski definition) is 1. The molecule has 0 aliphatic carbocycles. The van der Waals surface area contributed by atoms with Gasteiger partial charge in [0.15, 0.2) is 0 Å². The summed E-state index contributed by atoms with van der Waals surface area (Å²) in [4.78, 5) is 29.1. The van der Waals surface area contributed by atoms with Crippen LogP contribution in [-0.2, 0) is 19.7 Å². The van der Waals surface area contributed by atoms with E-state index in [0.29, 0.717) is 12.1 Å². The standard InChI is InChI=1S/C18H19BrN2O5S3/c1-2-3-4-7-20-13-6-5-11(19)10-12(13)14(16(20)22)15-17(23)21(18(27)28-15)8-9-29(24,25)26/h5-6,10H,2-4,7-9H2,1H3,(H,24,25,26). The first-order valence-electron chi connectivity index (χ1n) is 8.99. The molecule has 0 radical (unpaired) electrons. The lowest BCUT2D eigenvalue weighted by molar-refractivity contribution is -0.122. The molecule has 0 unspecified atom stereocenters. The number of carbonyl (C=O) groups is 2. The Kier molecular flexibility index (Phi) is 6.84. The SMILES string of the molecule is CCCCCN1C(=O)C(=C2SC(=S)N(CCS(=O)(=O)O)C2=O)c2cc(Br)ccc21. The molecule has 11 heteroatoms. The maximum absolute atomic E-state index is 13.2. The van der Waals surface area contributed by atoms with Crippen LogP contribution in [0.1, 0.15) is 31.7 Å². The number of amides is 2. The molecule has 1 fully saturated rings. The Bertz CT molecular complexity index is 1020. The maximum Gasteiger partial charge on any atom is 0.267 e. The van der Waals surface area contributed by atoms with Gasteiger partial charge in [0, 0.05) is 23.1 Å². The number of unbranched alkanes of at least 4 members (excludes halogenated alkanes) is 2. The largest absolute Gasteiger partial charge is 0.308 e. The fraction of sp³-hybridized carbons (Fsp3) is 0.389. The zero-order valence-corrected chi connectivity index (χ0v) is 19.6. The Morgan fingerprint density at radius 2 is 1.86 bits per heavy atom. The summed E-state index contributed by atoms with van der Waals surface area (Å²) in [5.74, 6) is -1.40. The van der Waals surface area contributed by atoms with E-state index >= 15 is 0 Å². The second-order valence-electron chi connectivity index (χ2n) is 6.64. The summed E-state index contributed by atoms with van der Waals surface area (Å²) >= 11 is 9.62. The summed E-state index contributed by atoms with van der Waals surface area (Å²) in [6, 6.07) is 5.49. The molecule has 156 valence electrons. The van der Waals surface area contributed by atoms with Gasteiger partial charge in [-0.05, 0) is 24.6 Å². The van der Waals surface area contributed by atoms with Crippen LogP contribution >= 0.6 is 39.9 Å². The number of thiocarbonyl (C=S) groups is 1. The van der Waals surface area contributed by atoms with Crippen molar-refractivity contribution < 1.29 is 22.6 Å². The minimum atomic E-state index is -4.24. The van der Waals surface area contributed by atoms with Crippen molar-refractivity contribution in [3.05, 3.63) is 33.1 Å². The molecule has 0 spiro atoms. The Morgan fingerprint density at radius 1 is 1.14 bits per heavy atom. The van der Waals surface area contributed by atoms with Crippen molar-refractivity contribution in [2.75, 3.05) is 23.7 Å². The van der Waals surface area contributed by atoms with E-state index in [0.717, 1.165) is 46.1 Å². The molecular weight excluding hydrogens is 500 g/mol. The molecule has 0 saturated carbocycles. The van der Waals surface area contributed by atoms with Crippen molar-refractivity contribution in [3.8, 4) is 0 Å². The molecule has 1 aromatic carbocycles. The molecule has 1 saturated heterocycles. The van der Waals surface area contributed by atoms with Crippen LogP contribution in [0.2, 0.25) is 0 Å². The lowest BCUT2D eigenvalue weighted by Crippen LogP contribution is -2.33. The molecular formula is C18H19BrN2O5S3. The van der Waals surface area contributed by atoms with Crippen LogP contribution in [0.15, 0.2) is 27.6 Å². The van der Waals surface area contributed by atoms with E-state index in [2.05, 4.69) is 22.9 Å². The first-order chi connectivity index (χ1) is 13.6. The van der Waals surface area contributed by atoms with Gasteiger partial charge in [-0.25, -0.2) is 0 Å². The monoisotopic (exact) mass is 518 g/mol. The fourth-order valence-electron chi connectivity index (χ4n) is 3.21. The van der Waals surface area contributed by atoms with E-state index in [9.17, 15) is 18.0 Å². The van der Waals surface area contributed by atoms with Crippen molar-refractivity contribution in [2.45, 2.75) is 26.2 Å². The van der Waals surface area contributed by atoms with Crippen LogP contribution in [-0.4, -0.2) is 52.8 Å². The molecule has 7 nitrogen and oxygen atoms in total. The van der Waals surface area contributed by atoms with Gasteiger partial charge < -0.3 is 4.90 Å². The number of thioether (sulfide) groups is 1. The fourth-order valence-corrected chi connectivity index (χ4v) is 5.37. The van der Waals surface area contributed by atoms with E-state index < -0.39 is 21.8 Å². The van der Waals surface area contributed by atoms with Gasteiger partial charge in [-0.3, -0.25) is 19.0 Å². The van der Waals surface area contributed by atoms with Crippen LogP contribution in [0.4, 0.5) is 5.69 Å². The number of nitrogens with zero attached hydrogens (tertiary/aromatic N) is 2. The molecule has 2 heterocycles. The van der Waals surface area contributed by atoms with Crippen LogP contribution < -0.4 is 4.90 Å². The first-order valence-corrected chi connectivity index (χ1v) is 12.6. The third-order valence-corrected chi connectivity index (χ3v) is 7.25. The molecule has 0 aromatic heterocycles. The summed E-state index contributed by atoms with van der Waals surface area (Å²) in [6.07, 6.45) is 2.86. The van der Waals surface area contributed by atoms with E-state index in [-0.39, 0.29) is 27.3 Å². The maximum atomic E-state index is 13.2. The van der Waals surface area contributed by atoms with Gasteiger partial charge in [0.1, 0.15) is 4.32 Å². The second-order valence-corrected chi connectivity index (χ2v) is 10.8. The molecule has 1 N–H and O–H groups in total. The van der Waals surface area contributed by atoms with Crippen LogP contribution in [0.5, 0.6) is 0 Å². The topological polar surface area (TPSA) is 95.0 Å².